The zero-order valence-corrected chi connectivity index (χ0v) is 17.0. The van der Waals surface area contributed by atoms with Crippen molar-refractivity contribution in [3.05, 3.63) is 107 Å². The molecule has 0 saturated heterocycles. The number of halogens is 1. The van der Waals surface area contributed by atoms with E-state index in [4.69, 9.17) is 0 Å². The standard InChI is InChI=1S/C26H22FN3O/c27-21-7-3-5-18(15-21)26(31)29-25-10-4-6-19-16-30(14-12-23(19)25)17-20-11-13-28-24-9-2-1-8-22(20)24/h1-11,13,15H,12,14,16-17H2,(H,29,31). The minimum Gasteiger partial charge on any atom is -0.322 e. The van der Waals surface area contributed by atoms with Crippen molar-refractivity contribution < 1.29 is 9.18 Å². The van der Waals surface area contributed by atoms with Crippen LogP contribution < -0.4 is 5.32 Å². The Hall–Kier alpha value is -3.57. The van der Waals surface area contributed by atoms with Gasteiger partial charge in [-0.1, -0.05) is 36.4 Å². The summed E-state index contributed by atoms with van der Waals surface area (Å²) >= 11 is 0. The van der Waals surface area contributed by atoms with Gasteiger partial charge >= 0.3 is 0 Å². The quantitative estimate of drug-likeness (QED) is 0.503. The van der Waals surface area contributed by atoms with Crippen LogP contribution in [0.25, 0.3) is 10.9 Å². The van der Waals surface area contributed by atoms with Crippen LogP contribution in [-0.4, -0.2) is 22.3 Å². The molecule has 1 aliphatic rings. The minimum absolute atomic E-state index is 0.293. The van der Waals surface area contributed by atoms with E-state index in [-0.39, 0.29) is 5.91 Å². The first-order valence-electron chi connectivity index (χ1n) is 10.4. The average molecular weight is 411 g/mol. The summed E-state index contributed by atoms with van der Waals surface area (Å²) in [6.07, 6.45) is 2.72. The monoisotopic (exact) mass is 411 g/mol. The van der Waals surface area contributed by atoms with Gasteiger partial charge < -0.3 is 5.32 Å². The van der Waals surface area contributed by atoms with Crippen LogP contribution in [0.3, 0.4) is 0 Å². The lowest BCUT2D eigenvalue weighted by molar-refractivity contribution is 0.102. The van der Waals surface area contributed by atoms with Crippen molar-refractivity contribution in [3.8, 4) is 0 Å². The molecule has 0 atom stereocenters. The summed E-state index contributed by atoms with van der Waals surface area (Å²) in [5.41, 5.74) is 5.77. The van der Waals surface area contributed by atoms with Crippen molar-refractivity contribution in [1.82, 2.24) is 9.88 Å². The van der Waals surface area contributed by atoms with E-state index in [0.29, 0.717) is 5.56 Å². The summed E-state index contributed by atoms with van der Waals surface area (Å²) in [5.74, 6) is -0.708. The van der Waals surface area contributed by atoms with Crippen LogP contribution in [0.5, 0.6) is 0 Å². The predicted octanol–water partition coefficient (Wildman–Crippen LogP) is 5.18. The first-order valence-corrected chi connectivity index (χ1v) is 10.4. The maximum Gasteiger partial charge on any atom is 0.255 e. The van der Waals surface area contributed by atoms with Gasteiger partial charge in [0, 0.05) is 42.5 Å². The van der Waals surface area contributed by atoms with E-state index in [9.17, 15) is 9.18 Å². The topological polar surface area (TPSA) is 45.2 Å². The lowest BCUT2D eigenvalue weighted by Gasteiger charge is -2.30. The second-order valence-corrected chi connectivity index (χ2v) is 7.86. The summed E-state index contributed by atoms with van der Waals surface area (Å²) in [6, 6.07) is 22.1. The van der Waals surface area contributed by atoms with Gasteiger partial charge in [0.15, 0.2) is 0 Å². The number of nitrogens with zero attached hydrogens (tertiary/aromatic N) is 2. The van der Waals surface area contributed by atoms with Gasteiger partial charge in [-0.3, -0.25) is 14.7 Å². The molecule has 3 aromatic carbocycles. The summed E-state index contributed by atoms with van der Waals surface area (Å²) in [7, 11) is 0. The van der Waals surface area contributed by atoms with Crippen LogP contribution in [0.2, 0.25) is 0 Å². The van der Waals surface area contributed by atoms with E-state index in [1.807, 2.05) is 36.5 Å². The molecule has 5 heteroatoms. The van der Waals surface area contributed by atoms with Crippen molar-refractivity contribution in [2.75, 3.05) is 11.9 Å². The average Bonchev–Trinajstić information content (AvgIpc) is 2.79. The zero-order valence-electron chi connectivity index (χ0n) is 17.0. The first-order chi connectivity index (χ1) is 15.2. The molecule has 0 radical (unpaired) electrons. The highest BCUT2D eigenvalue weighted by Crippen LogP contribution is 2.28. The summed E-state index contributed by atoms with van der Waals surface area (Å²) in [5, 5.41) is 4.16. The van der Waals surface area contributed by atoms with Gasteiger partial charge in [0.2, 0.25) is 0 Å². The Morgan fingerprint density at radius 3 is 2.81 bits per heavy atom. The molecule has 1 aromatic heterocycles. The molecule has 31 heavy (non-hydrogen) atoms. The molecule has 0 spiro atoms. The van der Waals surface area contributed by atoms with Crippen molar-refractivity contribution >= 4 is 22.5 Å². The molecule has 1 N–H and O–H groups in total. The van der Waals surface area contributed by atoms with Gasteiger partial charge in [-0.25, -0.2) is 4.39 Å². The molecular weight excluding hydrogens is 389 g/mol. The van der Waals surface area contributed by atoms with Crippen LogP contribution in [0, 0.1) is 5.82 Å². The molecule has 154 valence electrons. The summed E-state index contributed by atoms with van der Waals surface area (Å²) in [4.78, 5) is 19.5. The number of benzene rings is 3. The number of hydrogen-bond donors (Lipinski definition) is 1. The van der Waals surface area contributed by atoms with Crippen LogP contribution >= 0.6 is 0 Å². The smallest absolute Gasteiger partial charge is 0.255 e. The van der Waals surface area contributed by atoms with Crippen LogP contribution in [0.4, 0.5) is 10.1 Å². The van der Waals surface area contributed by atoms with Gasteiger partial charge in [0.05, 0.1) is 5.52 Å². The lowest BCUT2D eigenvalue weighted by Crippen LogP contribution is -2.31. The number of rotatable bonds is 4. The fourth-order valence-electron chi connectivity index (χ4n) is 4.28. The Morgan fingerprint density at radius 2 is 1.90 bits per heavy atom. The lowest BCUT2D eigenvalue weighted by atomic mass is 9.96. The third-order valence-electron chi connectivity index (χ3n) is 5.81. The number of anilines is 1. The number of carbonyl (C=O) groups is 1. The van der Waals surface area contributed by atoms with E-state index < -0.39 is 5.82 Å². The Labute approximate surface area is 180 Å². The maximum atomic E-state index is 13.5. The normalized spacial score (nSPS) is 13.7. The summed E-state index contributed by atoms with van der Waals surface area (Å²) in [6.45, 7) is 2.56. The Kier molecular flexibility index (Phi) is 5.18. The summed E-state index contributed by atoms with van der Waals surface area (Å²) < 4.78 is 13.5. The van der Waals surface area contributed by atoms with Gasteiger partial charge in [-0.05, 0) is 59.5 Å². The molecule has 4 aromatic rings. The minimum atomic E-state index is -0.415. The third kappa shape index (κ3) is 4.05. The van der Waals surface area contributed by atoms with Crippen LogP contribution in [0.15, 0.2) is 79.0 Å². The number of pyridine rings is 1. The Balaban J connectivity index is 1.35. The Morgan fingerprint density at radius 1 is 1.03 bits per heavy atom. The van der Waals surface area contributed by atoms with E-state index in [2.05, 4.69) is 33.4 Å². The Bertz CT molecular complexity index is 1270. The van der Waals surface area contributed by atoms with Gasteiger partial charge in [-0.15, -0.1) is 0 Å². The second-order valence-electron chi connectivity index (χ2n) is 7.86. The molecule has 0 fully saturated rings. The van der Waals surface area contributed by atoms with E-state index in [0.717, 1.165) is 42.8 Å². The first kappa shape index (κ1) is 19.4. The largest absolute Gasteiger partial charge is 0.322 e. The number of fused-ring (bicyclic) bond motifs is 2. The molecule has 0 bridgehead atoms. The van der Waals surface area contributed by atoms with Crippen LogP contribution in [0.1, 0.15) is 27.0 Å². The van der Waals surface area contributed by atoms with Crippen molar-refractivity contribution in [2.24, 2.45) is 0 Å². The molecule has 0 saturated carbocycles. The number of hydrogen-bond acceptors (Lipinski definition) is 3. The molecule has 1 aliphatic heterocycles. The molecule has 0 aliphatic carbocycles. The molecule has 4 nitrogen and oxygen atoms in total. The number of aromatic nitrogens is 1. The van der Waals surface area contributed by atoms with Crippen molar-refractivity contribution in [1.29, 1.82) is 0 Å². The van der Waals surface area contributed by atoms with E-state index >= 15 is 0 Å². The SMILES string of the molecule is O=C(Nc1cccc2c1CCN(Cc1ccnc3ccccc13)C2)c1cccc(F)c1. The van der Waals surface area contributed by atoms with Crippen LogP contribution in [-0.2, 0) is 19.5 Å². The molecule has 1 amide bonds. The number of amides is 1. The van der Waals surface area contributed by atoms with Gasteiger partial charge in [0.25, 0.3) is 5.91 Å². The van der Waals surface area contributed by atoms with Crippen molar-refractivity contribution in [2.45, 2.75) is 19.5 Å². The van der Waals surface area contributed by atoms with Crippen molar-refractivity contribution in [3.63, 3.8) is 0 Å². The highest BCUT2D eigenvalue weighted by Gasteiger charge is 2.20. The van der Waals surface area contributed by atoms with E-state index in [1.54, 1.807) is 12.1 Å². The zero-order chi connectivity index (χ0) is 21.2. The number of nitrogens with one attached hydrogen (secondary N) is 1. The number of carbonyl (C=O) groups excluding carboxylic acids is 1. The maximum absolute atomic E-state index is 13.5. The fourth-order valence-corrected chi connectivity index (χ4v) is 4.28. The predicted molar refractivity (Wildman–Crippen MR) is 120 cm³/mol. The highest BCUT2D eigenvalue weighted by atomic mass is 19.1. The van der Waals surface area contributed by atoms with Gasteiger partial charge in [-0.2, -0.15) is 0 Å². The van der Waals surface area contributed by atoms with Gasteiger partial charge in [0.1, 0.15) is 5.82 Å². The molecule has 5 rings (SSSR count). The third-order valence-corrected chi connectivity index (χ3v) is 5.81. The van der Waals surface area contributed by atoms with E-state index in [1.165, 1.54) is 28.6 Å². The fraction of sp³-hybridized carbons (Fsp3) is 0.154. The molecule has 2 heterocycles. The number of para-hydroxylation sites is 1. The molecule has 0 unspecified atom stereocenters. The molecular formula is C26H22FN3O. The second kappa shape index (κ2) is 8.28. The highest BCUT2D eigenvalue weighted by molar-refractivity contribution is 6.04.